The summed E-state index contributed by atoms with van der Waals surface area (Å²) in [6.07, 6.45) is 0.385. The van der Waals surface area contributed by atoms with E-state index in [9.17, 15) is 14.0 Å². The number of esters is 1. The zero-order chi connectivity index (χ0) is 20.1. The van der Waals surface area contributed by atoms with Gasteiger partial charge in [-0.05, 0) is 48.5 Å². The number of aryl methyl sites for hydroxylation is 1. The lowest BCUT2D eigenvalue weighted by atomic mass is 10.0. The Bertz CT molecular complexity index is 963. The lowest BCUT2D eigenvalue weighted by Crippen LogP contribution is -2.09. The maximum Gasteiger partial charge on any atom is 0.311 e. The molecule has 0 radical (unpaired) electrons. The van der Waals surface area contributed by atoms with Gasteiger partial charge in [0.15, 0.2) is 11.6 Å². The van der Waals surface area contributed by atoms with Crippen molar-refractivity contribution in [3.8, 4) is 5.75 Å². The number of ketones is 1. The second-order valence-electron chi connectivity index (χ2n) is 6.54. The second-order valence-corrected chi connectivity index (χ2v) is 6.54. The molecule has 0 unspecified atom stereocenters. The fraction of sp³-hybridized carbons (Fsp3) is 0.238. The van der Waals surface area contributed by atoms with E-state index in [1.54, 1.807) is 12.1 Å². The van der Waals surface area contributed by atoms with Crippen LogP contribution in [0.2, 0.25) is 0 Å². The minimum atomic E-state index is -0.443. The third-order valence-electron chi connectivity index (χ3n) is 4.00. The molecule has 0 aliphatic carbocycles. The molecule has 3 aromatic rings. The number of benzene rings is 2. The molecule has 0 bridgehead atoms. The van der Waals surface area contributed by atoms with E-state index < -0.39 is 11.8 Å². The van der Waals surface area contributed by atoms with Crippen LogP contribution in [0.1, 0.15) is 53.8 Å². The summed E-state index contributed by atoms with van der Waals surface area (Å²) in [7, 11) is 0. The Hall–Kier alpha value is -3.35. The van der Waals surface area contributed by atoms with Crippen molar-refractivity contribution < 1.29 is 23.2 Å². The van der Waals surface area contributed by atoms with E-state index in [0.29, 0.717) is 35.0 Å². The van der Waals surface area contributed by atoms with Crippen molar-refractivity contribution in [2.45, 2.75) is 32.6 Å². The topological polar surface area (TPSA) is 82.3 Å². The standard InChI is InChI=1S/C21H19FN2O4/c1-13(2)21-23-18(28-24-21)11-12-19(25)27-17-9-5-15(6-10-17)20(26)14-3-7-16(22)8-4-14/h3-10,13H,11-12H2,1-2H3. The zero-order valence-corrected chi connectivity index (χ0v) is 15.5. The fourth-order valence-corrected chi connectivity index (χ4v) is 2.44. The number of ether oxygens (including phenoxy) is 1. The Kier molecular flexibility index (Phi) is 5.93. The average molecular weight is 382 g/mol. The second kappa shape index (κ2) is 8.56. The lowest BCUT2D eigenvalue weighted by Gasteiger charge is -2.05. The Balaban J connectivity index is 1.55. The van der Waals surface area contributed by atoms with E-state index >= 15 is 0 Å². The highest BCUT2D eigenvalue weighted by Crippen LogP contribution is 2.17. The largest absolute Gasteiger partial charge is 0.427 e. The van der Waals surface area contributed by atoms with Gasteiger partial charge in [-0.25, -0.2) is 4.39 Å². The van der Waals surface area contributed by atoms with Crippen molar-refractivity contribution in [2.75, 3.05) is 0 Å². The van der Waals surface area contributed by atoms with Crippen LogP contribution in [0, 0.1) is 5.82 Å². The first kappa shape index (κ1) is 19.4. The first-order valence-electron chi connectivity index (χ1n) is 8.86. The molecule has 144 valence electrons. The van der Waals surface area contributed by atoms with Gasteiger partial charge < -0.3 is 9.26 Å². The number of hydrogen-bond acceptors (Lipinski definition) is 6. The number of hydrogen-bond donors (Lipinski definition) is 0. The van der Waals surface area contributed by atoms with Gasteiger partial charge in [0, 0.05) is 23.5 Å². The Morgan fingerprint density at radius 1 is 1.04 bits per heavy atom. The van der Waals surface area contributed by atoms with Crippen molar-refractivity contribution in [2.24, 2.45) is 0 Å². The maximum absolute atomic E-state index is 13.0. The predicted molar refractivity (Wildman–Crippen MR) is 98.6 cm³/mol. The van der Waals surface area contributed by atoms with Crippen LogP contribution < -0.4 is 4.74 Å². The van der Waals surface area contributed by atoms with E-state index in [0.717, 1.165) is 0 Å². The summed E-state index contributed by atoms with van der Waals surface area (Å²) < 4.78 is 23.3. The summed E-state index contributed by atoms with van der Waals surface area (Å²) in [4.78, 5) is 28.5. The Morgan fingerprint density at radius 2 is 1.64 bits per heavy atom. The lowest BCUT2D eigenvalue weighted by molar-refractivity contribution is -0.134. The molecule has 0 saturated heterocycles. The molecule has 1 aromatic heterocycles. The van der Waals surface area contributed by atoms with Crippen molar-refractivity contribution in [3.05, 3.63) is 77.2 Å². The van der Waals surface area contributed by atoms with Crippen molar-refractivity contribution in [3.63, 3.8) is 0 Å². The maximum atomic E-state index is 13.0. The van der Waals surface area contributed by atoms with E-state index in [4.69, 9.17) is 9.26 Å². The van der Waals surface area contributed by atoms with Gasteiger partial charge in [0.05, 0.1) is 6.42 Å². The zero-order valence-electron chi connectivity index (χ0n) is 15.5. The van der Waals surface area contributed by atoms with Crippen LogP contribution in [0.3, 0.4) is 0 Å². The normalized spacial score (nSPS) is 10.9. The molecule has 7 heteroatoms. The third kappa shape index (κ3) is 4.88. The van der Waals surface area contributed by atoms with Gasteiger partial charge in [-0.3, -0.25) is 9.59 Å². The highest BCUT2D eigenvalue weighted by atomic mass is 19.1. The molecule has 0 fully saturated rings. The van der Waals surface area contributed by atoms with Crippen LogP contribution in [-0.2, 0) is 11.2 Å². The summed E-state index contributed by atoms with van der Waals surface area (Å²) in [5, 5.41) is 3.84. The molecule has 28 heavy (non-hydrogen) atoms. The van der Waals surface area contributed by atoms with E-state index in [1.807, 2.05) is 13.8 Å². The molecule has 0 aliphatic heterocycles. The van der Waals surface area contributed by atoms with Gasteiger partial charge in [0.25, 0.3) is 0 Å². The predicted octanol–water partition coefficient (Wildman–Crippen LogP) is 4.10. The molecular weight excluding hydrogens is 363 g/mol. The average Bonchev–Trinajstić information content (AvgIpc) is 3.16. The molecule has 0 N–H and O–H groups in total. The molecule has 6 nitrogen and oxygen atoms in total. The van der Waals surface area contributed by atoms with E-state index in [2.05, 4.69) is 10.1 Å². The molecule has 0 saturated carbocycles. The van der Waals surface area contributed by atoms with Gasteiger partial charge >= 0.3 is 5.97 Å². The van der Waals surface area contributed by atoms with Crippen LogP contribution in [0.4, 0.5) is 4.39 Å². The molecule has 3 rings (SSSR count). The van der Waals surface area contributed by atoms with Crippen molar-refractivity contribution in [1.29, 1.82) is 0 Å². The summed E-state index contributed by atoms with van der Waals surface area (Å²) in [6, 6.07) is 11.5. The highest BCUT2D eigenvalue weighted by molar-refractivity contribution is 6.09. The van der Waals surface area contributed by atoms with Gasteiger partial charge in [-0.2, -0.15) is 4.98 Å². The van der Waals surface area contributed by atoms with Crippen molar-refractivity contribution in [1.82, 2.24) is 10.1 Å². The minimum absolute atomic E-state index is 0.0932. The summed E-state index contributed by atoms with van der Waals surface area (Å²) in [5.74, 6) is 0.386. The SMILES string of the molecule is CC(C)c1noc(CCC(=O)Oc2ccc(C(=O)c3ccc(F)cc3)cc2)n1. The smallest absolute Gasteiger partial charge is 0.311 e. The minimum Gasteiger partial charge on any atom is -0.427 e. The van der Waals surface area contributed by atoms with Crippen LogP contribution in [0.25, 0.3) is 0 Å². The van der Waals surface area contributed by atoms with E-state index in [1.165, 1.54) is 36.4 Å². The Morgan fingerprint density at radius 3 is 2.21 bits per heavy atom. The van der Waals surface area contributed by atoms with Gasteiger partial charge in [-0.1, -0.05) is 19.0 Å². The molecule has 0 aliphatic rings. The molecule has 0 spiro atoms. The number of carbonyl (C=O) groups excluding carboxylic acids is 2. The number of aromatic nitrogens is 2. The summed E-state index contributed by atoms with van der Waals surface area (Å²) in [6.45, 7) is 3.90. The third-order valence-corrected chi connectivity index (χ3v) is 4.00. The fourth-order valence-electron chi connectivity index (χ4n) is 2.44. The van der Waals surface area contributed by atoms with Crippen molar-refractivity contribution >= 4 is 11.8 Å². The van der Waals surface area contributed by atoms with Crippen LogP contribution in [0.5, 0.6) is 5.75 Å². The first-order valence-corrected chi connectivity index (χ1v) is 8.86. The number of nitrogens with zero attached hydrogens (tertiary/aromatic N) is 2. The van der Waals surface area contributed by atoms with E-state index in [-0.39, 0.29) is 18.1 Å². The van der Waals surface area contributed by atoms with Crippen LogP contribution >= 0.6 is 0 Å². The molecule has 1 heterocycles. The first-order chi connectivity index (χ1) is 13.4. The van der Waals surface area contributed by atoms with Crippen LogP contribution in [-0.4, -0.2) is 21.9 Å². The summed E-state index contributed by atoms with van der Waals surface area (Å²) >= 11 is 0. The molecule has 0 amide bonds. The summed E-state index contributed by atoms with van der Waals surface area (Å²) in [5.41, 5.74) is 0.796. The number of halogens is 1. The molecule has 0 atom stereocenters. The van der Waals surface area contributed by atoms with Gasteiger partial charge in [0.2, 0.25) is 5.89 Å². The number of carbonyl (C=O) groups is 2. The van der Waals surface area contributed by atoms with Gasteiger partial charge in [-0.15, -0.1) is 0 Å². The Labute approximate surface area is 161 Å². The van der Waals surface area contributed by atoms with Crippen LogP contribution in [0.15, 0.2) is 53.1 Å². The molecule has 2 aromatic carbocycles. The molecular formula is C21H19FN2O4. The van der Waals surface area contributed by atoms with Gasteiger partial charge in [0.1, 0.15) is 11.6 Å². The monoisotopic (exact) mass is 382 g/mol. The highest BCUT2D eigenvalue weighted by Gasteiger charge is 2.13. The number of rotatable bonds is 7. The quantitative estimate of drug-likeness (QED) is 0.348.